The molecular weight excluding hydrogens is 232 g/mol. The fourth-order valence-corrected chi connectivity index (χ4v) is 1.37. The molecule has 0 atom stereocenters. The number of nitrogens with one attached hydrogen (secondary N) is 1. The van der Waals surface area contributed by atoms with Crippen LogP contribution in [-0.4, -0.2) is 29.1 Å². The normalized spacial score (nSPS) is 10.1. The molecule has 100 valence electrons. The predicted molar refractivity (Wildman–Crippen MR) is 72.2 cm³/mol. The summed E-state index contributed by atoms with van der Waals surface area (Å²) in [4.78, 5) is 21.5. The van der Waals surface area contributed by atoms with E-state index in [1.54, 1.807) is 0 Å². The summed E-state index contributed by atoms with van der Waals surface area (Å²) >= 11 is 0. The van der Waals surface area contributed by atoms with Gasteiger partial charge in [-0.3, -0.25) is 4.90 Å². The minimum atomic E-state index is -0.220. The van der Waals surface area contributed by atoms with Gasteiger partial charge in [-0.15, -0.1) is 0 Å². The standard InChI is InChI=1S/C11H20N6O/c1-3-5-14-11(18)17(6-4-2)10-15-7-8(12)9(13)16-10/h7H,3-6,12H2,1-2H3,(H,14,18)(H2,13,15,16). The van der Waals surface area contributed by atoms with Crippen molar-refractivity contribution in [3.63, 3.8) is 0 Å². The van der Waals surface area contributed by atoms with Gasteiger partial charge in [-0.05, 0) is 12.8 Å². The number of carbonyl (C=O) groups excluding carboxylic acids is 1. The van der Waals surface area contributed by atoms with Gasteiger partial charge in [0.05, 0.1) is 11.9 Å². The van der Waals surface area contributed by atoms with Crippen molar-refractivity contribution in [2.75, 3.05) is 29.5 Å². The highest BCUT2D eigenvalue weighted by molar-refractivity contribution is 5.90. The summed E-state index contributed by atoms with van der Waals surface area (Å²) < 4.78 is 0. The average Bonchev–Trinajstić information content (AvgIpc) is 2.36. The molecule has 0 saturated carbocycles. The highest BCUT2D eigenvalue weighted by Gasteiger charge is 2.17. The molecule has 0 radical (unpaired) electrons. The maximum atomic E-state index is 12.0. The van der Waals surface area contributed by atoms with E-state index in [0.717, 1.165) is 12.8 Å². The predicted octanol–water partition coefficient (Wildman–Crippen LogP) is 0.977. The summed E-state index contributed by atoms with van der Waals surface area (Å²) in [6, 6.07) is -0.220. The minimum absolute atomic E-state index is 0.185. The monoisotopic (exact) mass is 252 g/mol. The second-order valence-corrected chi connectivity index (χ2v) is 3.89. The van der Waals surface area contributed by atoms with Gasteiger partial charge in [0.2, 0.25) is 5.95 Å². The number of aromatic nitrogens is 2. The molecule has 2 amide bonds. The van der Waals surface area contributed by atoms with Gasteiger partial charge >= 0.3 is 6.03 Å². The Hall–Kier alpha value is -2.05. The highest BCUT2D eigenvalue weighted by atomic mass is 16.2. The second-order valence-electron chi connectivity index (χ2n) is 3.89. The van der Waals surface area contributed by atoms with Crippen molar-refractivity contribution in [2.45, 2.75) is 26.7 Å². The molecular formula is C11H20N6O. The summed E-state index contributed by atoms with van der Waals surface area (Å²) in [6.45, 7) is 5.10. The number of rotatable bonds is 5. The van der Waals surface area contributed by atoms with Gasteiger partial charge in [-0.1, -0.05) is 13.8 Å². The maximum absolute atomic E-state index is 12.0. The molecule has 7 heteroatoms. The van der Waals surface area contributed by atoms with Crippen LogP contribution in [0.5, 0.6) is 0 Å². The molecule has 0 fully saturated rings. The first-order chi connectivity index (χ1) is 8.60. The third kappa shape index (κ3) is 3.47. The molecule has 0 bridgehead atoms. The van der Waals surface area contributed by atoms with Gasteiger partial charge in [0.15, 0.2) is 5.82 Å². The molecule has 1 heterocycles. The van der Waals surface area contributed by atoms with Gasteiger partial charge in [0.25, 0.3) is 0 Å². The minimum Gasteiger partial charge on any atom is -0.394 e. The van der Waals surface area contributed by atoms with Crippen molar-refractivity contribution >= 4 is 23.5 Å². The van der Waals surface area contributed by atoms with E-state index in [1.807, 2.05) is 13.8 Å². The quantitative estimate of drug-likeness (QED) is 0.723. The molecule has 1 aromatic rings. The van der Waals surface area contributed by atoms with E-state index >= 15 is 0 Å². The number of anilines is 3. The molecule has 0 aliphatic carbocycles. The lowest BCUT2D eigenvalue weighted by Gasteiger charge is -2.20. The first kappa shape index (κ1) is 14.0. The Morgan fingerprint density at radius 2 is 2.11 bits per heavy atom. The first-order valence-corrected chi connectivity index (χ1v) is 6.03. The Labute approximate surface area is 107 Å². The lowest BCUT2D eigenvalue weighted by Crippen LogP contribution is -2.41. The lowest BCUT2D eigenvalue weighted by atomic mass is 10.4. The van der Waals surface area contributed by atoms with Gasteiger partial charge < -0.3 is 16.8 Å². The van der Waals surface area contributed by atoms with E-state index < -0.39 is 0 Å². The molecule has 5 N–H and O–H groups in total. The van der Waals surface area contributed by atoms with Crippen LogP contribution in [0.4, 0.5) is 22.2 Å². The fraction of sp³-hybridized carbons (Fsp3) is 0.545. The molecule has 0 unspecified atom stereocenters. The van der Waals surface area contributed by atoms with E-state index in [1.165, 1.54) is 11.1 Å². The number of carbonyl (C=O) groups is 1. The van der Waals surface area contributed by atoms with Crippen LogP contribution in [0.25, 0.3) is 0 Å². The van der Waals surface area contributed by atoms with Gasteiger partial charge in [-0.25, -0.2) is 9.78 Å². The molecule has 7 nitrogen and oxygen atoms in total. The van der Waals surface area contributed by atoms with Crippen molar-refractivity contribution < 1.29 is 4.79 Å². The van der Waals surface area contributed by atoms with Crippen molar-refractivity contribution in [1.29, 1.82) is 0 Å². The Morgan fingerprint density at radius 3 is 2.67 bits per heavy atom. The number of amides is 2. The largest absolute Gasteiger partial charge is 0.394 e. The van der Waals surface area contributed by atoms with Crippen LogP contribution in [0.2, 0.25) is 0 Å². The SMILES string of the molecule is CCCNC(=O)N(CCC)c1ncc(N)c(N)n1. The highest BCUT2D eigenvalue weighted by Crippen LogP contribution is 2.15. The van der Waals surface area contributed by atoms with Gasteiger partial charge in [-0.2, -0.15) is 4.98 Å². The second kappa shape index (κ2) is 6.63. The fourth-order valence-electron chi connectivity index (χ4n) is 1.37. The Kier molecular flexibility index (Phi) is 5.16. The Morgan fingerprint density at radius 1 is 1.39 bits per heavy atom. The molecule has 18 heavy (non-hydrogen) atoms. The molecule has 0 aliphatic rings. The van der Waals surface area contributed by atoms with E-state index in [4.69, 9.17) is 11.5 Å². The van der Waals surface area contributed by atoms with E-state index in [-0.39, 0.29) is 17.8 Å². The maximum Gasteiger partial charge on any atom is 0.324 e. The van der Waals surface area contributed by atoms with Crippen molar-refractivity contribution in [2.24, 2.45) is 0 Å². The summed E-state index contributed by atoms with van der Waals surface area (Å²) in [7, 11) is 0. The van der Waals surface area contributed by atoms with Crippen LogP contribution < -0.4 is 21.7 Å². The molecule has 1 aromatic heterocycles. The summed E-state index contributed by atoms with van der Waals surface area (Å²) in [5.41, 5.74) is 11.5. The average molecular weight is 252 g/mol. The van der Waals surface area contributed by atoms with Crippen LogP contribution >= 0.6 is 0 Å². The van der Waals surface area contributed by atoms with E-state index in [2.05, 4.69) is 15.3 Å². The van der Waals surface area contributed by atoms with Crippen molar-refractivity contribution in [1.82, 2.24) is 15.3 Å². The van der Waals surface area contributed by atoms with Crippen LogP contribution in [0.15, 0.2) is 6.20 Å². The zero-order valence-corrected chi connectivity index (χ0v) is 10.8. The van der Waals surface area contributed by atoms with Crippen LogP contribution in [0.3, 0.4) is 0 Å². The summed E-state index contributed by atoms with van der Waals surface area (Å²) in [6.07, 6.45) is 3.08. The zero-order chi connectivity index (χ0) is 13.5. The van der Waals surface area contributed by atoms with Crippen molar-refractivity contribution in [3.05, 3.63) is 6.20 Å². The number of urea groups is 1. The molecule has 0 aromatic carbocycles. The van der Waals surface area contributed by atoms with Crippen LogP contribution in [0.1, 0.15) is 26.7 Å². The third-order valence-corrected chi connectivity index (χ3v) is 2.30. The van der Waals surface area contributed by atoms with E-state index in [9.17, 15) is 4.79 Å². The number of nitrogens with zero attached hydrogens (tertiary/aromatic N) is 3. The van der Waals surface area contributed by atoms with Crippen LogP contribution in [0, 0.1) is 0 Å². The molecule has 0 spiro atoms. The number of nitrogen functional groups attached to an aromatic ring is 2. The molecule has 0 saturated heterocycles. The topological polar surface area (TPSA) is 110 Å². The molecule has 0 aliphatic heterocycles. The first-order valence-electron chi connectivity index (χ1n) is 6.03. The number of hydrogen-bond donors (Lipinski definition) is 3. The summed E-state index contributed by atoms with van der Waals surface area (Å²) in [5, 5.41) is 2.78. The number of nitrogens with two attached hydrogens (primary N) is 2. The number of hydrogen-bond acceptors (Lipinski definition) is 5. The smallest absolute Gasteiger partial charge is 0.324 e. The van der Waals surface area contributed by atoms with Crippen molar-refractivity contribution in [3.8, 4) is 0 Å². The van der Waals surface area contributed by atoms with E-state index in [0.29, 0.717) is 18.8 Å². The van der Waals surface area contributed by atoms with Gasteiger partial charge in [0, 0.05) is 13.1 Å². The Bertz CT molecular complexity index is 409. The van der Waals surface area contributed by atoms with Crippen LogP contribution in [-0.2, 0) is 0 Å². The zero-order valence-electron chi connectivity index (χ0n) is 10.8. The lowest BCUT2D eigenvalue weighted by molar-refractivity contribution is 0.246. The Balaban J connectivity index is 2.89. The molecule has 1 rings (SSSR count). The summed E-state index contributed by atoms with van der Waals surface area (Å²) in [5.74, 6) is 0.460. The van der Waals surface area contributed by atoms with Gasteiger partial charge in [0.1, 0.15) is 0 Å². The third-order valence-electron chi connectivity index (χ3n) is 2.30.